The maximum absolute atomic E-state index is 12.4. The van der Waals surface area contributed by atoms with E-state index in [-0.39, 0.29) is 41.7 Å². The van der Waals surface area contributed by atoms with Gasteiger partial charge in [0.1, 0.15) is 12.3 Å². The molecule has 9 nitrogen and oxygen atoms in total. The molecule has 2 aliphatic heterocycles. The molecule has 4 rings (SSSR count). The Hall–Kier alpha value is -3.23. The minimum atomic E-state index is -0.812. The highest BCUT2D eigenvalue weighted by molar-refractivity contribution is 6.07. The highest BCUT2D eigenvalue weighted by atomic mass is 16.5. The fourth-order valence-corrected chi connectivity index (χ4v) is 4.05. The van der Waals surface area contributed by atoms with Crippen LogP contribution in [0.4, 0.5) is 5.69 Å². The number of rotatable bonds is 5. The minimum Gasteiger partial charge on any atom is -0.482 e. The third kappa shape index (κ3) is 3.72. The second kappa shape index (κ2) is 7.65. The maximum atomic E-state index is 12.4. The second-order valence-electron chi connectivity index (χ2n) is 7.39. The molecule has 0 bridgehead atoms. The van der Waals surface area contributed by atoms with Gasteiger partial charge >= 0.3 is 5.97 Å². The third-order valence-corrected chi connectivity index (χ3v) is 5.52. The summed E-state index contributed by atoms with van der Waals surface area (Å²) in [4.78, 5) is 61.5. The normalized spacial score (nSPS) is 23.0. The highest BCUT2D eigenvalue weighted by Gasteiger charge is 2.48. The van der Waals surface area contributed by atoms with Crippen LogP contribution in [-0.4, -0.2) is 54.1 Å². The summed E-state index contributed by atoms with van der Waals surface area (Å²) in [6, 6.07) is 4.50. The number of nitrogens with zero attached hydrogens (tertiary/aromatic N) is 1. The molecule has 0 unspecified atom stereocenters. The fraction of sp³-hybridized carbons (Fsp3) is 0.450. The number of carbonyl (C=O) groups is 5. The Morgan fingerprint density at radius 2 is 1.79 bits per heavy atom. The van der Waals surface area contributed by atoms with E-state index >= 15 is 0 Å². The number of anilines is 1. The van der Waals surface area contributed by atoms with E-state index in [2.05, 4.69) is 5.32 Å². The molecule has 2 fully saturated rings. The van der Waals surface area contributed by atoms with Crippen molar-refractivity contribution < 1.29 is 33.4 Å². The largest absolute Gasteiger partial charge is 0.482 e. The van der Waals surface area contributed by atoms with Crippen LogP contribution in [0, 0.1) is 11.8 Å². The van der Waals surface area contributed by atoms with Crippen LogP contribution in [0.2, 0.25) is 0 Å². The van der Waals surface area contributed by atoms with Crippen molar-refractivity contribution in [1.82, 2.24) is 4.90 Å². The Morgan fingerprint density at radius 3 is 2.48 bits per heavy atom. The Kier molecular flexibility index (Phi) is 5.04. The number of likely N-dealkylation sites (tertiary alicyclic amines) is 1. The van der Waals surface area contributed by atoms with Crippen LogP contribution < -0.4 is 10.1 Å². The molecular formula is C20H20N2O7. The van der Waals surface area contributed by atoms with Crippen LogP contribution in [0.15, 0.2) is 18.2 Å². The first-order valence-electron chi connectivity index (χ1n) is 9.55. The van der Waals surface area contributed by atoms with Gasteiger partial charge in [0.25, 0.3) is 5.91 Å². The molecule has 3 amide bonds. The van der Waals surface area contributed by atoms with Gasteiger partial charge in [-0.05, 0) is 31.0 Å². The molecule has 3 aliphatic rings. The van der Waals surface area contributed by atoms with Crippen LogP contribution in [0.3, 0.4) is 0 Å². The lowest BCUT2D eigenvalue weighted by molar-refractivity contribution is -0.152. The van der Waals surface area contributed by atoms with E-state index in [4.69, 9.17) is 9.47 Å². The summed E-state index contributed by atoms with van der Waals surface area (Å²) in [6.45, 7) is -1.10. The van der Waals surface area contributed by atoms with Gasteiger partial charge in [0.15, 0.2) is 19.0 Å². The van der Waals surface area contributed by atoms with Gasteiger partial charge in [0, 0.05) is 5.56 Å². The molecule has 2 atom stereocenters. The quantitative estimate of drug-likeness (QED) is 0.443. The van der Waals surface area contributed by atoms with Crippen molar-refractivity contribution in [3.05, 3.63) is 23.8 Å². The van der Waals surface area contributed by atoms with E-state index < -0.39 is 24.9 Å². The summed E-state index contributed by atoms with van der Waals surface area (Å²) in [6.07, 6.45) is 3.13. The summed E-state index contributed by atoms with van der Waals surface area (Å²) < 4.78 is 10.2. The number of ketones is 1. The van der Waals surface area contributed by atoms with E-state index in [1.807, 2.05) is 0 Å². The Balaban J connectivity index is 1.33. The molecule has 1 N–H and O–H groups in total. The number of Topliss-reactive ketones (excluding diaryl/α,β-unsaturated/α-hetero) is 1. The molecule has 0 aromatic heterocycles. The molecule has 9 heteroatoms. The zero-order chi connectivity index (χ0) is 20.5. The molecule has 0 spiro atoms. The topological polar surface area (TPSA) is 119 Å². The van der Waals surface area contributed by atoms with Crippen molar-refractivity contribution in [2.45, 2.75) is 25.7 Å². The third-order valence-electron chi connectivity index (χ3n) is 5.52. The Morgan fingerprint density at radius 1 is 1.10 bits per heavy atom. The van der Waals surface area contributed by atoms with E-state index in [0.29, 0.717) is 24.3 Å². The first kappa shape index (κ1) is 19.1. The highest BCUT2D eigenvalue weighted by Crippen LogP contribution is 2.37. The van der Waals surface area contributed by atoms with Gasteiger partial charge in [0.2, 0.25) is 11.8 Å². The molecule has 2 heterocycles. The Bertz CT molecular complexity index is 886. The molecule has 152 valence electrons. The van der Waals surface area contributed by atoms with Crippen molar-refractivity contribution >= 4 is 35.2 Å². The number of nitrogens with one attached hydrogen (secondary N) is 1. The van der Waals surface area contributed by atoms with Gasteiger partial charge in [-0.3, -0.25) is 28.9 Å². The average molecular weight is 400 g/mol. The lowest BCUT2D eigenvalue weighted by atomic mass is 9.81. The van der Waals surface area contributed by atoms with Crippen LogP contribution in [0.5, 0.6) is 5.75 Å². The number of amides is 3. The monoisotopic (exact) mass is 400 g/mol. The van der Waals surface area contributed by atoms with E-state index in [1.54, 1.807) is 6.07 Å². The number of benzene rings is 1. The minimum absolute atomic E-state index is 0.0897. The lowest BCUT2D eigenvalue weighted by Gasteiger charge is -2.19. The summed E-state index contributed by atoms with van der Waals surface area (Å²) in [5, 5.41) is 2.60. The first-order valence-corrected chi connectivity index (χ1v) is 9.55. The predicted molar refractivity (Wildman–Crippen MR) is 98.0 cm³/mol. The number of hydrogen-bond donors (Lipinski definition) is 1. The van der Waals surface area contributed by atoms with Crippen molar-refractivity contribution in [2.24, 2.45) is 11.8 Å². The second-order valence-corrected chi connectivity index (χ2v) is 7.39. The molecule has 0 radical (unpaired) electrons. The molecular weight excluding hydrogens is 380 g/mol. The number of fused-ring (bicyclic) bond motifs is 2. The smallest absolute Gasteiger partial charge is 0.326 e. The van der Waals surface area contributed by atoms with Gasteiger partial charge in [-0.25, -0.2) is 0 Å². The lowest BCUT2D eigenvalue weighted by Crippen LogP contribution is -2.37. The molecule has 29 heavy (non-hydrogen) atoms. The van der Waals surface area contributed by atoms with Crippen LogP contribution in [-0.2, 0) is 23.9 Å². The van der Waals surface area contributed by atoms with Gasteiger partial charge in [-0.1, -0.05) is 12.8 Å². The molecule has 1 saturated heterocycles. The maximum Gasteiger partial charge on any atom is 0.326 e. The summed E-state index contributed by atoms with van der Waals surface area (Å²) in [5.74, 6) is -2.49. The zero-order valence-electron chi connectivity index (χ0n) is 15.6. The number of carbonyl (C=O) groups excluding carboxylic acids is 5. The number of hydrogen-bond acceptors (Lipinski definition) is 7. The van der Waals surface area contributed by atoms with Gasteiger partial charge in [0.05, 0.1) is 17.5 Å². The molecule has 1 saturated carbocycles. The van der Waals surface area contributed by atoms with Crippen LogP contribution in [0.25, 0.3) is 0 Å². The van der Waals surface area contributed by atoms with Crippen molar-refractivity contribution in [3.8, 4) is 5.75 Å². The van der Waals surface area contributed by atoms with E-state index in [1.165, 1.54) is 12.1 Å². The number of imide groups is 1. The number of esters is 1. The fourth-order valence-electron chi connectivity index (χ4n) is 4.05. The molecule has 1 aromatic rings. The summed E-state index contributed by atoms with van der Waals surface area (Å²) >= 11 is 0. The van der Waals surface area contributed by atoms with Gasteiger partial charge in [-0.2, -0.15) is 0 Å². The first-order chi connectivity index (χ1) is 13.9. The van der Waals surface area contributed by atoms with Gasteiger partial charge < -0.3 is 14.8 Å². The predicted octanol–water partition coefficient (Wildman–Crippen LogP) is 0.919. The Labute approximate surface area is 166 Å². The molecule has 1 aliphatic carbocycles. The average Bonchev–Trinajstić information content (AvgIpc) is 2.96. The van der Waals surface area contributed by atoms with E-state index in [9.17, 15) is 24.0 Å². The van der Waals surface area contributed by atoms with Crippen LogP contribution in [0.1, 0.15) is 36.0 Å². The van der Waals surface area contributed by atoms with Gasteiger partial charge in [-0.15, -0.1) is 0 Å². The summed E-state index contributed by atoms with van der Waals surface area (Å²) in [5.41, 5.74) is 0.607. The number of ether oxygens (including phenoxy) is 2. The SMILES string of the molecule is O=C1COc2ccc(C(=O)COC(=O)CN3C(=O)[C@H]4CCCC[C@H]4C3=O)cc2N1. The standard InChI is InChI=1S/C20H20N2O7/c23-15(11-5-6-16-14(7-11)21-17(24)10-28-16)9-29-18(25)8-22-19(26)12-3-1-2-4-13(12)20(22)27/h5-7,12-13H,1-4,8-10H2,(H,21,24)/t12-,13+. The zero-order valence-corrected chi connectivity index (χ0v) is 15.6. The van der Waals surface area contributed by atoms with Crippen molar-refractivity contribution in [2.75, 3.05) is 25.1 Å². The van der Waals surface area contributed by atoms with Crippen molar-refractivity contribution in [3.63, 3.8) is 0 Å². The van der Waals surface area contributed by atoms with E-state index in [0.717, 1.165) is 17.7 Å². The van der Waals surface area contributed by atoms with Crippen molar-refractivity contribution in [1.29, 1.82) is 0 Å². The summed E-state index contributed by atoms with van der Waals surface area (Å²) in [7, 11) is 0. The van der Waals surface area contributed by atoms with Crippen LogP contribution >= 0.6 is 0 Å². The molecule has 1 aromatic carbocycles.